The molecule has 17 heteroatoms. The average molecular weight is 795 g/mol. The van der Waals surface area contributed by atoms with Gasteiger partial charge in [0.15, 0.2) is 17.1 Å². The van der Waals surface area contributed by atoms with Gasteiger partial charge in [-0.25, -0.2) is 9.78 Å². The Morgan fingerprint density at radius 3 is 2.28 bits per heavy atom. The maximum absolute atomic E-state index is 14.1. The first kappa shape index (κ1) is 37.5. The first-order chi connectivity index (χ1) is 27.6. The van der Waals surface area contributed by atoms with E-state index in [1.807, 2.05) is 19.1 Å². The van der Waals surface area contributed by atoms with Gasteiger partial charge in [0.25, 0.3) is 17.4 Å². The molecule has 58 heavy (non-hydrogen) atoms. The lowest BCUT2D eigenvalue weighted by atomic mass is 9.37. The highest BCUT2D eigenvalue weighted by Gasteiger charge is 2.70. The van der Waals surface area contributed by atoms with E-state index >= 15 is 0 Å². The van der Waals surface area contributed by atoms with Crippen molar-refractivity contribution in [2.24, 2.45) is 5.92 Å². The molecule has 2 aromatic heterocycles. The Bertz CT molecular complexity index is 2470. The summed E-state index contributed by atoms with van der Waals surface area (Å²) in [6.45, 7) is 6.34. The largest absolute Gasteiger partial charge is 0.458 e. The lowest BCUT2D eigenvalue weighted by Crippen LogP contribution is -2.77. The van der Waals surface area contributed by atoms with E-state index in [1.165, 1.54) is 0 Å². The van der Waals surface area contributed by atoms with Crippen molar-refractivity contribution < 1.29 is 48.1 Å². The second-order valence-electron chi connectivity index (χ2n) is 16.7. The van der Waals surface area contributed by atoms with Gasteiger partial charge in [-0.05, 0) is 56.2 Å². The molecule has 5 amide bonds. The Balaban J connectivity index is 0.957. The summed E-state index contributed by atoms with van der Waals surface area (Å²) < 4.78 is 18.4. The highest BCUT2D eigenvalue weighted by molar-refractivity contribution is 6.14. The lowest BCUT2D eigenvalue weighted by Gasteiger charge is -2.71. The molecule has 3 fully saturated rings. The van der Waals surface area contributed by atoms with Crippen LogP contribution in [0.1, 0.15) is 82.1 Å². The number of amides is 5. The third-order valence-electron chi connectivity index (χ3n) is 12.5. The van der Waals surface area contributed by atoms with Crippen LogP contribution in [0.5, 0.6) is 11.5 Å². The summed E-state index contributed by atoms with van der Waals surface area (Å²) in [5.74, 6) is -2.95. The summed E-state index contributed by atoms with van der Waals surface area (Å²) in [5.41, 5.74) is 0.759. The summed E-state index contributed by atoms with van der Waals surface area (Å²) in [6, 6.07) is 3.44. The number of carbonyl (C=O) groups excluding carboxylic acids is 6. The summed E-state index contributed by atoms with van der Waals surface area (Å²) in [6.07, 6.45) is 4.46. The molecule has 4 aliphatic heterocycles. The Labute approximate surface area is 331 Å². The zero-order valence-corrected chi connectivity index (χ0v) is 32.4. The van der Waals surface area contributed by atoms with E-state index in [4.69, 9.17) is 19.2 Å². The highest BCUT2D eigenvalue weighted by Crippen LogP contribution is 2.70. The SMILES string of the molecule is CCC[C@@]1(O)C(=O)OCc2c1cc1n(c2=O)Cc2c-1nc1cc3c(cc1c2C12CC(NC(=O)[C@H](C)NC(=O)[C@@H](NC(=O)CN4C(=O)C=CC4=O)C(C)C)(C1)C2)OCO3. The van der Waals surface area contributed by atoms with Crippen molar-refractivity contribution in [3.63, 3.8) is 0 Å². The van der Waals surface area contributed by atoms with E-state index in [1.54, 1.807) is 31.4 Å². The van der Waals surface area contributed by atoms with E-state index < -0.39 is 65.3 Å². The summed E-state index contributed by atoms with van der Waals surface area (Å²) in [7, 11) is 0. The molecule has 0 unspecified atom stereocenters. The van der Waals surface area contributed by atoms with Gasteiger partial charge in [-0.3, -0.25) is 33.7 Å². The van der Waals surface area contributed by atoms with Crippen LogP contribution < -0.4 is 31.0 Å². The van der Waals surface area contributed by atoms with Gasteiger partial charge < -0.3 is 39.8 Å². The van der Waals surface area contributed by atoms with E-state index in [0.29, 0.717) is 54.1 Å². The van der Waals surface area contributed by atoms with Crippen molar-refractivity contribution in [1.82, 2.24) is 30.4 Å². The van der Waals surface area contributed by atoms with Crippen LogP contribution in [0.3, 0.4) is 0 Å². The smallest absolute Gasteiger partial charge is 0.343 e. The number of aliphatic hydroxyl groups is 1. The Morgan fingerprint density at radius 1 is 0.914 bits per heavy atom. The number of carbonyl (C=O) groups is 6. The molecular formula is C41H42N6O11. The zero-order chi connectivity index (χ0) is 41.1. The first-order valence-electron chi connectivity index (χ1n) is 19.5. The van der Waals surface area contributed by atoms with E-state index in [2.05, 4.69) is 16.0 Å². The fourth-order valence-electron chi connectivity index (χ4n) is 9.75. The second kappa shape index (κ2) is 13.0. The Morgan fingerprint density at radius 2 is 1.60 bits per heavy atom. The Hall–Kier alpha value is -6.10. The summed E-state index contributed by atoms with van der Waals surface area (Å²) in [5, 5.41) is 20.9. The molecule has 3 atom stereocenters. The van der Waals surface area contributed by atoms with Gasteiger partial charge in [0.2, 0.25) is 24.5 Å². The van der Waals surface area contributed by atoms with Crippen LogP contribution in [0, 0.1) is 5.92 Å². The minimum Gasteiger partial charge on any atom is -0.458 e. The number of ether oxygens (including phenoxy) is 3. The fourth-order valence-corrected chi connectivity index (χ4v) is 9.75. The van der Waals surface area contributed by atoms with Gasteiger partial charge in [0.1, 0.15) is 25.2 Å². The van der Waals surface area contributed by atoms with Gasteiger partial charge in [-0.2, -0.15) is 0 Å². The standard InChI is InChI=1S/C41H42N6O11/c1-5-8-41(55)24-10-26-34-22(12-46(26)37(53)23(24)14-56-38(41)54)32(21-9-27-28(58-18-57-27)11-25(21)43-34)39-15-40(16-39,17-39)45-35(51)20(4)42-36(52)33(19(2)3)44-29(48)13-47-30(49)6-7-31(47)50/h6-7,9-11,19-20,33,55H,5,8,12-18H2,1-4H3,(H,42,52)(H,44,48)(H,45,51)/t20-,33-,39?,40?,41-/m0/s1. The second-order valence-corrected chi connectivity index (χ2v) is 16.7. The highest BCUT2D eigenvalue weighted by atomic mass is 16.7. The number of imide groups is 1. The number of rotatable bonds is 11. The molecule has 3 saturated carbocycles. The molecule has 4 N–H and O–H groups in total. The fraction of sp³-hybridized carbons (Fsp3) is 0.463. The number of aromatic nitrogens is 2. The van der Waals surface area contributed by atoms with Crippen molar-refractivity contribution in [1.29, 1.82) is 0 Å². The van der Waals surface area contributed by atoms with Crippen molar-refractivity contribution in [2.45, 2.75) is 102 Å². The van der Waals surface area contributed by atoms with Crippen molar-refractivity contribution >= 4 is 46.4 Å². The van der Waals surface area contributed by atoms with E-state index in [-0.39, 0.29) is 54.4 Å². The van der Waals surface area contributed by atoms with Crippen LogP contribution in [0.15, 0.2) is 35.1 Å². The third kappa shape index (κ3) is 5.53. The number of hydrogen-bond acceptors (Lipinski definition) is 12. The molecule has 0 spiro atoms. The van der Waals surface area contributed by atoms with E-state index in [0.717, 1.165) is 33.6 Å². The van der Waals surface area contributed by atoms with Crippen LogP contribution in [-0.4, -0.2) is 86.0 Å². The molecule has 7 aliphatic rings. The number of pyridine rings is 2. The molecule has 3 aromatic rings. The molecule has 0 radical (unpaired) electrons. The minimum atomic E-state index is -1.96. The Kier molecular flexibility index (Phi) is 8.37. The topological polar surface area (TPSA) is 225 Å². The molecule has 10 rings (SSSR count). The van der Waals surface area contributed by atoms with Gasteiger partial charge in [-0.1, -0.05) is 27.2 Å². The molecule has 6 heterocycles. The van der Waals surface area contributed by atoms with E-state index in [9.17, 15) is 38.7 Å². The van der Waals surface area contributed by atoms with Crippen LogP contribution in [-0.2, 0) is 57.7 Å². The quantitative estimate of drug-likeness (QED) is 0.124. The number of benzene rings is 1. The zero-order valence-electron chi connectivity index (χ0n) is 32.4. The number of nitrogens with one attached hydrogen (secondary N) is 3. The number of cyclic esters (lactones) is 1. The van der Waals surface area contributed by atoms with Crippen LogP contribution in [0.2, 0.25) is 0 Å². The molecular weight excluding hydrogens is 752 g/mol. The third-order valence-corrected chi connectivity index (χ3v) is 12.5. The minimum absolute atomic E-state index is 0.0643. The predicted molar refractivity (Wildman–Crippen MR) is 202 cm³/mol. The summed E-state index contributed by atoms with van der Waals surface area (Å²) in [4.78, 5) is 96.3. The molecule has 0 saturated heterocycles. The summed E-state index contributed by atoms with van der Waals surface area (Å²) >= 11 is 0. The van der Waals surface area contributed by atoms with Crippen molar-refractivity contribution in [2.75, 3.05) is 13.3 Å². The maximum Gasteiger partial charge on any atom is 0.343 e. The number of esters is 1. The molecule has 17 nitrogen and oxygen atoms in total. The van der Waals surface area contributed by atoms with Crippen molar-refractivity contribution in [3.8, 4) is 22.9 Å². The van der Waals surface area contributed by atoms with Gasteiger partial charge in [0.05, 0.1) is 29.0 Å². The number of nitrogens with zero attached hydrogens (tertiary/aromatic N) is 3. The van der Waals surface area contributed by atoms with Crippen LogP contribution in [0.4, 0.5) is 0 Å². The molecule has 1 aromatic carbocycles. The van der Waals surface area contributed by atoms with Crippen molar-refractivity contribution in [3.05, 3.63) is 63.0 Å². The first-order valence-corrected chi connectivity index (χ1v) is 19.5. The number of hydrogen-bond donors (Lipinski definition) is 4. The lowest BCUT2D eigenvalue weighted by molar-refractivity contribution is -0.172. The van der Waals surface area contributed by atoms with Crippen LogP contribution >= 0.6 is 0 Å². The normalized spacial score (nSPS) is 25.3. The van der Waals surface area contributed by atoms with Gasteiger partial charge in [0, 0.05) is 45.7 Å². The molecule has 3 aliphatic carbocycles. The number of fused-ring (bicyclic) bond motifs is 6. The van der Waals surface area contributed by atoms with Crippen LogP contribution in [0.25, 0.3) is 22.3 Å². The maximum atomic E-state index is 14.1. The average Bonchev–Trinajstić information content (AvgIpc) is 3.85. The van der Waals surface area contributed by atoms with Gasteiger partial charge in [-0.15, -0.1) is 0 Å². The predicted octanol–water partition coefficient (Wildman–Crippen LogP) is 1.06. The molecule has 2 bridgehead atoms. The van der Waals surface area contributed by atoms with Gasteiger partial charge >= 0.3 is 5.97 Å². The molecule has 302 valence electrons. The monoisotopic (exact) mass is 794 g/mol.